The van der Waals surface area contributed by atoms with Gasteiger partial charge in [0.25, 0.3) is 0 Å². The third-order valence-electron chi connectivity index (χ3n) is 9.84. The van der Waals surface area contributed by atoms with Crippen molar-refractivity contribution in [3.05, 3.63) is 41.0 Å². The number of carbonyl (C=O) groups excluding carboxylic acids is 1. The number of aliphatic hydroxyl groups excluding tert-OH is 1. The number of hydrogen-bond donors (Lipinski definition) is 1. The average molecular weight is 458 g/mol. The van der Waals surface area contributed by atoms with Crippen molar-refractivity contribution in [1.82, 2.24) is 0 Å². The second kappa shape index (κ2) is 8.18. The number of allylic oxidation sites excluding steroid dienone is 1. The van der Waals surface area contributed by atoms with E-state index in [9.17, 15) is 9.90 Å². The van der Waals surface area contributed by atoms with E-state index in [1.54, 1.807) is 24.1 Å². The summed E-state index contributed by atoms with van der Waals surface area (Å²) in [5, 5.41) is 11.0. The minimum Gasteiger partial charge on any atom is -0.393 e. The standard InChI is InChI=1S/C28H37F2NO2/c1-15(2)31(4)27-23(29)12-17(13-24(27)30)21-14-28(3)22(9-10-25(28)33)20-7-5-16-11-18(32)6-8-19(16)26(20)21/h11-13,15,19-22,25-26,33H,5-10,14H2,1-4H3. The molecule has 7 atom stereocenters. The summed E-state index contributed by atoms with van der Waals surface area (Å²) in [4.78, 5) is 13.8. The van der Waals surface area contributed by atoms with Gasteiger partial charge < -0.3 is 10.0 Å². The molecule has 4 aliphatic rings. The number of ketones is 1. The lowest BCUT2D eigenvalue weighted by atomic mass is 9.48. The second-order valence-electron chi connectivity index (χ2n) is 11.7. The summed E-state index contributed by atoms with van der Waals surface area (Å²) in [6, 6.07) is 3.09. The average Bonchev–Trinajstić information content (AvgIpc) is 3.06. The van der Waals surface area contributed by atoms with Crippen LogP contribution in [0.1, 0.15) is 77.2 Å². The Morgan fingerprint density at radius 2 is 1.76 bits per heavy atom. The molecule has 7 unspecified atom stereocenters. The van der Waals surface area contributed by atoms with Crippen molar-refractivity contribution in [2.24, 2.45) is 29.1 Å². The first-order valence-corrected chi connectivity index (χ1v) is 12.7. The Bertz CT molecular complexity index is 965. The summed E-state index contributed by atoms with van der Waals surface area (Å²) in [5.41, 5.74) is 1.77. The molecule has 3 nitrogen and oxygen atoms in total. The Kier molecular flexibility index (Phi) is 5.70. The zero-order valence-corrected chi connectivity index (χ0v) is 20.3. The van der Waals surface area contributed by atoms with Gasteiger partial charge in [0.15, 0.2) is 5.78 Å². The van der Waals surface area contributed by atoms with Crippen LogP contribution in [0, 0.1) is 40.7 Å². The number of rotatable bonds is 3. The third kappa shape index (κ3) is 3.57. The van der Waals surface area contributed by atoms with Crippen molar-refractivity contribution in [1.29, 1.82) is 0 Å². The number of carbonyl (C=O) groups is 1. The largest absolute Gasteiger partial charge is 0.393 e. The fourth-order valence-electron chi connectivity index (χ4n) is 8.02. The molecule has 33 heavy (non-hydrogen) atoms. The number of nitrogens with zero attached hydrogens (tertiary/aromatic N) is 1. The molecule has 3 saturated carbocycles. The number of hydrogen-bond acceptors (Lipinski definition) is 3. The van der Waals surface area contributed by atoms with Crippen LogP contribution in [0.15, 0.2) is 23.8 Å². The number of anilines is 1. The molecule has 5 rings (SSSR count). The van der Waals surface area contributed by atoms with E-state index < -0.39 is 11.6 Å². The van der Waals surface area contributed by atoms with E-state index in [1.165, 1.54) is 5.57 Å². The molecule has 0 spiro atoms. The smallest absolute Gasteiger partial charge is 0.155 e. The summed E-state index contributed by atoms with van der Waals surface area (Å²) in [6.45, 7) is 6.03. The molecule has 1 aromatic rings. The zero-order valence-electron chi connectivity index (χ0n) is 20.3. The molecule has 5 heteroatoms. The molecular formula is C28H37F2NO2. The van der Waals surface area contributed by atoms with Gasteiger partial charge in [-0.15, -0.1) is 0 Å². The molecule has 0 aliphatic heterocycles. The predicted octanol–water partition coefficient (Wildman–Crippen LogP) is 6.01. The lowest BCUT2D eigenvalue weighted by Gasteiger charge is -2.57. The van der Waals surface area contributed by atoms with E-state index in [0.29, 0.717) is 24.2 Å². The van der Waals surface area contributed by atoms with Gasteiger partial charge in [-0.3, -0.25) is 4.79 Å². The van der Waals surface area contributed by atoms with E-state index in [-0.39, 0.29) is 40.9 Å². The first-order valence-electron chi connectivity index (χ1n) is 12.7. The monoisotopic (exact) mass is 457 g/mol. The number of fused-ring (bicyclic) bond motifs is 5. The topological polar surface area (TPSA) is 40.5 Å². The fraction of sp³-hybridized carbons (Fsp3) is 0.679. The molecule has 0 aromatic heterocycles. The van der Waals surface area contributed by atoms with E-state index in [1.807, 2.05) is 19.9 Å². The first kappa shape index (κ1) is 23.0. The minimum atomic E-state index is -0.512. The van der Waals surface area contributed by atoms with Crippen LogP contribution in [-0.4, -0.2) is 30.1 Å². The van der Waals surface area contributed by atoms with E-state index in [2.05, 4.69) is 6.92 Å². The Hall–Kier alpha value is -1.75. The van der Waals surface area contributed by atoms with Gasteiger partial charge in [0.05, 0.1) is 6.10 Å². The van der Waals surface area contributed by atoms with Crippen LogP contribution in [0.5, 0.6) is 0 Å². The highest BCUT2D eigenvalue weighted by Gasteiger charge is 2.59. The summed E-state index contributed by atoms with van der Waals surface area (Å²) in [5.74, 6) is 0.607. The van der Waals surface area contributed by atoms with Crippen LogP contribution in [0.3, 0.4) is 0 Å². The third-order valence-corrected chi connectivity index (χ3v) is 9.84. The van der Waals surface area contributed by atoms with Gasteiger partial charge >= 0.3 is 0 Å². The van der Waals surface area contributed by atoms with Crippen molar-refractivity contribution in [2.75, 3.05) is 11.9 Å². The molecule has 0 amide bonds. The molecule has 0 bridgehead atoms. The van der Waals surface area contributed by atoms with Gasteiger partial charge in [-0.25, -0.2) is 8.78 Å². The number of halogens is 2. The van der Waals surface area contributed by atoms with Gasteiger partial charge in [0.1, 0.15) is 17.3 Å². The lowest BCUT2D eigenvalue weighted by Crippen LogP contribution is -2.51. The van der Waals surface area contributed by atoms with E-state index in [4.69, 9.17) is 0 Å². The van der Waals surface area contributed by atoms with Crippen LogP contribution >= 0.6 is 0 Å². The lowest BCUT2D eigenvalue weighted by molar-refractivity contribution is -0.116. The van der Waals surface area contributed by atoms with Gasteiger partial charge in [-0.1, -0.05) is 12.5 Å². The quantitative estimate of drug-likeness (QED) is 0.605. The van der Waals surface area contributed by atoms with Gasteiger partial charge in [0.2, 0.25) is 0 Å². The second-order valence-corrected chi connectivity index (χ2v) is 11.7. The molecule has 180 valence electrons. The van der Waals surface area contributed by atoms with Gasteiger partial charge in [0, 0.05) is 19.5 Å². The van der Waals surface area contributed by atoms with E-state index >= 15 is 8.78 Å². The van der Waals surface area contributed by atoms with Crippen molar-refractivity contribution in [2.45, 2.75) is 83.8 Å². The first-order chi connectivity index (χ1) is 15.6. The molecule has 1 N–H and O–H groups in total. The van der Waals surface area contributed by atoms with Crippen LogP contribution < -0.4 is 4.90 Å². The van der Waals surface area contributed by atoms with Crippen LogP contribution in [0.25, 0.3) is 0 Å². The van der Waals surface area contributed by atoms with Crippen molar-refractivity contribution in [3.8, 4) is 0 Å². The molecule has 0 radical (unpaired) electrons. The van der Waals surface area contributed by atoms with Crippen LogP contribution in [-0.2, 0) is 4.79 Å². The predicted molar refractivity (Wildman–Crippen MR) is 126 cm³/mol. The summed E-state index contributed by atoms with van der Waals surface area (Å²) < 4.78 is 30.7. The van der Waals surface area contributed by atoms with Crippen LogP contribution in [0.4, 0.5) is 14.5 Å². The maximum absolute atomic E-state index is 15.3. The Morgan fingerprint density at radius 1 is 1.06 bits per heavy atom. The highest BCUT2D eigenvalue weighted by Crippen LogP contribution is 2.65. The summed E-state index contributed by atoms with van der Waals surface area (Å²) >= 11 is 0. The maximum atomic E-state index is 15.3. The van der Waals surface area contributed by atoms with Crippen molar-refractivity contribution >= 4 is 11.5 Å². The van der Waals surface area contributed by atoms with Gasteiger partial charge in [-0.05, 0) is 111 Å². The molecule has 0 saturated heterocycles. The molecule has 3 fully saturated rings. The highest BCUT2D eigenvalue weighted by molar-refractivity contribution is 5.91. The SMILES string of the molecule is CC(C)N(C)c1c(F)cc(C2CC3(C)C(O)CCC3C3CCC4=CC(=O)CCC4C23)cc1F. The Balaban J connectivity index is 1.60. The normalized spacial score (nSPS) is 37.9. The Labute approximate surface area is 196 Å². The van der Waals surface area contributed by atoms with Crippen molar-refractivity contribution in [3.63, 3.8) is 0 Å². The van der Waals surface area contributed by atoms with Crippen molar-refractivity contribution < 1.29 is 18.7 Å². The zero-order chi connectivity index (χ0) is 23.7. The molecular weight excluding hydrogens is 420 g/mol. The van der Waals surface area contributed by atoms with Gasteiger partial charge in [-0.2, -0.15) is 0 Å². The number of aliphatic hydroxyl groups is 1. The van der Waals surface area contributed by atoms with Crippen LogP contribution in [0.2, 0.25) is 0 Å². The maximum Gasteiger partial charge on any atom is 0.155 e. The molecule has 4 aliphatic carbocycles. The highest BCUT2D eigenvalue weighted by atomic mass is 19.1. The molecule has 1 aromatic carbocycles. The van der Waals surface area contributed by atoms with E-state index in [0.717, 1.165) is 44.1 Å². The minimum absolute atomic E-state index is 0.0157. The summed E-state index contributed by atoms with van der Waals surface area (Å²) in [7, 11) is 1.72. The Morgan fingerprint density at radius 3 is 2.42 bits per heavy atom. The number of benzene rings is 1. The molecule has 0 heterocycles. The fourth-order valence-corrected chi connectivity index (χ4v) is 8.02. The summed E-state index contributed by atoms with van der Waals surface area (Å²) in [6.07, 6.45) is 7.42.